The summed E-state index contributed by atoms with van der Waals surface area (Å²) < 4.78 is 20.2. The summed E-state index contributed by atoms with van der Waals surface area (Å²) in [6, 6.07) is 13.2. The van der Waals surface area contributed by atoms with Crippen molar-refractivity contribution in [2.24, 2.45) is 5.73 Å². The Morgan fingerprint density at radius 1 is 1.08 bits per heavy atom. The molecule has 10 heteroatoms. The third-order valence-corrected chi connectivity index (χ3v) is 5.53. The highest BCUT2D eigenvalue weighted by atomic mass is 35.5. The van der Waals surface area contributed by atoms with E-state index in [2.05, 4.69) is 17.2 Å². The number of carbonyl (C=O) groups excluding carboxylic acids is 2. The van der Waals surface area contributed by atoms with E-state index >= 15 is 0 Å². The molecule has 0 unspecified atom stereocenters. The number of rotatable bonds is 6. The lowest BCUT2D eigenvalue weighted by atomic mass is 10.0. The van der Waals surface area contributed by atoms with Gasteiger partial charge in [-0.1, -0.05) is 46.6 Å². The summed E-state index contributed by atoms with van der Waals surface area (Å²) in [6.45, 7) is 2.82. The molecule has 1 amide bonds. The molecule has 188 valence electrons. The second kappa shape index (κ2) is 11.6. The molecule has 0 aliphatic carbocycles. The first kappa shape index (κ1) is 28.0. The van der Waals surface area contributed by atoms with Gasteiger partial charge in [-0.15, -0.1) is 0 Å². The Kier molecular flexibility index (Phi) is 8.81. The molecule has 0 spiro atoms. The minimum atomic E-state index is -0.824. The van der Waals surface area contributed by atoms with Crippen molar-refractivity contribution in [3.8, 4) is 23.7 Å². The van der Waals surface area contributed by atoms with Gasteiger partial charge in [-0.3, -0.25) is 9.59 Å². The van der Waals surface area contributed by atoms with E-state index < -0.39 is 29.7 Å². The van der Waals surface area contributed by atoms with E-state index in [9.17, 15) is 14.0 Å². The molecule has 6 nitrogen and oxygen atoms in total. The van der Waals surface area contributed by atoms with Crippen molar-refractivity contribution in [3.63, 3.8) is 0 Å². The van der Waals surface area contributed by atoms with Gasteiger partial charge in [-0.25, -0.2) is 4.39 Å². The summed E-state index contributed by atoms with van der Waals surface area (Å²) in [7, 11) is 0. The van der Waals surface area contributed by atoms with Crippen LogP contribution < -0.4 is 15.8 Å². The summed E-state index contributed by atoms with van der Waals surface area (Å²) in [5.74, 6) is 3.42. The maximum Gasteiger partial charge on any atom is 0.262 e. The fourth-order valence-corrected chi connectivity index (χ4v) is 3.67. The number of ketones is 1. The maximum atomic E-state index is 14.6. The van der Waals surface area contributed by atoms with Crippen molar-refractivity contribution in [3.05, 3.63) is 91.7 Å². The van der Waals surface area contributed by atoms with Crippen LogP contribution in [0.2, 0.25) is 15.1 Å². The molecule has 0 aliphatic heterocycles. The van der Waals surface area contributed by atoms with Gasteiger partial charge in [-0.2, -0.15) is 5.26 Å². The topological polar surface area (TPSA) is 105 Å². The van der Waals surface area contributed by atoms with Crippen LogP contribution in [0.25, 0.3) is 0 Å². The average Bonchev–Trinajstić information content (AvgIpc) is 2.84. The summed E-state index contributed by atoms with van der Waals surface area (Å²) in [5, 5.41) is 11.8. The minimum absolute atomic E-state index is 0.0145. The van der Waals surface area contributed by atoms with Gasteiger partial charge >= 0.3 is 0 Å². The predicted molar refractivity (Wildman–Crippen MR) is 142 cm³/mol. The van der Waals surface area contributed by atoms with Crippen LogP contribution in [0.3, 0.4) is 0 Å². The number of nitrogens with two attached hydrogens (primary N) is 1. The molecule has 0 aromatic heterocycles. The average molecular weight is 559 g/mol. The molecular formula is C27H19Cl3FN3O3. The zero-order chi connectivity index (χ0) is 27.3. The van der Waals surface area contributed by atoms with E-state index in [0.29, 0.717) is 0 Å². The van der Waals surface area contributed by atoms with Crippen molar-refractivity contribution in [1.82, 2.24) is 0 Å². The zero-order valence-corrected chi connectivity index (χ0v) is 21.9. The molecule has 0 fully saturated rings. The predicted octanol–water partition coefficient (Wildman–Crippen LogP) is 5.99. The third kappa shape index (κ3) is 7.45. The monoisotopic (exact) mass is 557 g/mol. The lowest BCUT2D eigenvalue weighted by Gasteiger charge is -2.13. The van der Waals surface area contributed by atoms with Gasteiger partial charge in [0.2, 0.25) is 0 Å². The number of ether oxygens (including phenoxy) is 1. The summed E-state index contributed by atoms with van der Waals surface area (Å²) in [4.78, 5) is 25.6. The van der Waals surface area contributed by atoms with Crippen LogP contribution in [0.15, 0.2) is 48.5 Å². The second-order valence-corrected chi connectivity index (χ2v) is 9.66. The Morgan fingerprint density at radius 2 is 1.81 bits per heavy atom. The SMILES string of the molecule is CC(C)(N)C#Cc1ccc(NC(=O)COc2ccc(Cl)cc2C(=O)c2cc(Cl)cc(C#N)c2)c(Cl)c1F. The molecule has 3 aromatic rings. The van der Waals surface area contributed by atoms with E-state index in [4.69, 9.17) is 50.5 Å². The molecular weight excluding hydrogens is 540 g/mol. The second-order valence-electron chi connectivity index (χ2n) is 8.41. The molecule has 0 atom stereocenters. The number of carbonyl (C=O) groups is 2. The zero-order valence-electron chi connectivity index (χ0n) is 19.6. The summed E-state index contributed by atoms with van der Waals surface area (Å²) in [5.41, 5.74) is 5.41. The van der Waals surface area contributed by atoms with Gasteiger partial charge in [0.15, 0.2) is 18.2 Å². The molecule has 0 aliphatic rings. The van der Waals surface area contributed by atoms with Crippen LogP contribution in [-0.2, 0) is 4.79 Å². The third-order valence-electron chi connectivity index (χ3n) is 4.71. The molecule has 3 aromatic carbocycles. The van der Waals surface area contributed by atoms with Crippen LogP contribution in [0, 0.1) is 29.0 Å². The van der Waals surface area contributed by atoms with E-state index in [1.54, 1.807) is 13.8 Å². The fraction of sp³-hybridized carbons (Fsp3) is 0.148. The number of nitrogens with zero attached hydrogens (tertiary/aromatic N) is 1. The van der Waals surface area contributed by atoms with Crippen molar-refractivity contribution in [2.45, 2.75) is 19.4 Å². The highest BCUT2D eigenvalue weighted by Gasteiger charge is 2.19. The molecule has 0 saturated heterocycles. The van der Waals surface area contributed by atoms with Crippen molar-refractivity contribution < 1.29 is 18.7 Å². The van der Waals surface area contributed by atoms with Gasteiger partial charge in [0.25, 0.3) is 5.91 Å². The number of benzene rings is 3. The Labute approximate surface area is 228 Å². The maximum absolute atomic E-state index is 14.6. The number of hydrogen-bond donors (Lipinski definition) is 2. The van der Waals surface area contributed by atoms with Gasteiger partial charge in [0.1, 0.15) is 10.8 Å². The number of amides is 1. The first-order valence-electron chi connectivity index (χ1n) is 10.7. The highest BCUT2D eigenvalue weighted by Crippen LogP contribution is 2.29. The molecule has 0 bridgehead atoms. The molecule has 3 rings (SSSR count). The summed E-state index contributed by atoms with van der Waals surface area (Å²) >= 11 is 18.2. The number of nitriles is 1. The first-order chi connectivity index (χ1) is 17.4. The van der Waals surface area contributed by atoms with Crippen molar-refractivity contribution in [2.75, 3.05) is 11.9 Å². The van der Waals surface area contributed by atoms with Gasteiger partial charge in [-0.05, 0) is 62.4 Å². The van der Waals surface area contributed by atoms with E-state index in [1.165, 1.54) is 48.5 Å². The van der Waals surface area contributed by atoms with Crippen LogP contribution in [0.5, 0.6) is 5.75 Å². The van der Waals surface area contributed by atoms with E-state index in [1.807, 2.05) is 6.07 Å². The van der Waals surface area contributed by atoms with Gasteiger partial charge in [0, 0.05) is 15.6 Å². The summed E-state index contributed by atoms with van der Waals surface area (Å²) in [6.07, 6.45) is 0. The Hall–Kier alpha value is -3.59. The van der Waals surface area contributed by atoms with Crippen LogP contribution in [0.1, 0.15) is 40.9 Å². The number of halogens is 4. The molecule has 0 heterocycles. The molecule has 0 radical (unpaired) electrons. The minimum Gasteiger partial charge on any atom is -0.483 e. The highest BCUT2D eigenvalue weighted by molar-refractivity contribution is 6.34. The van der Waals surface area contributed by atoms with Crippen LogP contribution >= 0.6 is 34.8 Å². The molecule has 0 saturated carbocycles. The normalized spacial score (nSPS) is 10.6. The standard InChI is InChI=1S/C27H19Cl3FN3O3/c1-27(2,33)8-7-16-3-5-21(24(30)25(16)31)34-23(35)14-37-22-6-4-18(28)12-20(22)26(36)17-9-15(13-32)10-19(29)11-17/h3-6,9-12H,14,33H2,1-2H3,(H,34,35). The van der Waals surface area contributed by atoms with Crippen molar-refractivity contribution >= 4 is 52.2 Å². The Bertz CT molecular complexity index is 1500. The van der Waals surface area contributed by atoms with Crippen molar-refractivity contribution in [1.29, 1.82) is 5.26 Å². The lowest BCUT2D eigenvalue weighted by Crippen LogP contribution is -2.29. The molecule has 37 heavy (non-hydrogen) atoms. The number of hydrogen-bond acceptors (Lipinski definition) is 5. The Morgan fingerprint density at radius 3 is 2.49 bits per heavy atom. The number of anilines is 1. The van der Waals surface area contributed by atoms with Crippen LogP contribution in [-0.4, -0.2) is 23.8 Å². The van der Waals surface area contributed by atoms with Gasteiger partial charge in [0.05, 0.1) is 34.0 Å². The van der Waals surface area contributed by atoms with E-state index in [-0.39, 0.29) is 48.8 Å². The molecule has 3 N–H and O–H groups in total. The lowest BCUT2D eigenvalue weighted by molar-refractivity contribution is -0.118. The smallest absolute Gasteiger partial charge is 0.262 e. The van der Waals surface area contributed by atoms with E-state index in [0.717, 1.165) is 0 Å². The largest absolute Gasteiger partial charge is 0.483 e. The van der Waals surface area contributed by atoms with Gasteiger partial charge < -0.3 is 15.8 Å². The fourth-order valence-electron chi connectivity index (χ4n) is 3.05. The number of nitrogens with one attached hydrogen (secondary N) is 1. The van der Waals surface area contributed by atoms with Crippen LogP contribution in [0.4, 0.5) is 10.1 Å². The Balaban J connectivity index is 1.78. The quantitative estimate of drug-likeness (QED) is 0.285. The first-order valence-corrected chi connectivity index (χ1v) is 11.8.